The summed E-state index contributed by atoms with van der Waals surface area (Å²) in [5.41, 5.74) is 1.14. The van der Waals surface area contributed by atoms with Gasteiger partial charge in [-0.15, -0.1) is 0 Å². The molecule has 1 rings (SSSR count). The first-order chi connectivity index (χ1) is 6.92. The molecule has 0 bridgehead atoms. The minimum atomic E-state index is 0. The third-order valence-corrected chi connectivity index (χ3v) is 2.31. The summed E-state index contributed by atoms with van der Waals surface area (Å²) in [6.45, 7) is 1.05. The van der Waals surface area contributed by atoms with Crippen LogP contribution in [0.1, 0.15) is 5.56 Å². The maximum absolute atomic E-state index is 9.59. The number of hydrogen-bond donors (Lipinski definition) is 1. The van der Waals surface area contributed by atoms with Crippen LogP contribution < -0.4 is 17.1 Å². The number of nitrogens with zero attached hydrogens (tertiary/aromatic N) is 1. The molecule has 0 aliphatic carbocycles. The molecule has 0 spiro atoms. The van der Waals surface area contributed by atoms with Crippen molar-refractivity contribution in [1.29, 1.82) is 0 Å². The van der Waals surface area contributed by atoms with Gasteiger partial charge in [0.25, 0.3) is 0 Å². The van der Waals surface area contributed by atoms with Gasteiger partial charge in [0.05, 0.1) is 34.8 Å². The zero-order valence-corrected chi connectivity index (χ0v) is 11.1. The summed E-state index contributed by atoms with van der Waals surface area (Å²) in [5.74, 6) is 0.750. The van der Waals surface area contributed by atoms with E-state index in [1.807, 2.05) is 6.07 Å². The lowest BCUT2D eigenvalue weighted by atomic mass is 10.1. The highest BCUT2D eigenvalue weighted by molar-refractivity contribution is 5.41. The first kappa shape index (κ1) is 15.1. The Hall–Kier alpha value is -0.930. The second kappa shape index (κ2) is 5.97. The molecule has 0 radical (unpaired) electrons. The maximum Gasteiger partial charge on any atom is 0.160 e. The first-order valence-electron chi connectivity index (χ1n) is 5.09. The van der Waals surface area contributed by atoms with Gasteiger partial charge >= 0.3 is 0 Å². The Bertz CT molecular complexity index is 334. The van der Waals surface area contributed by atoms with Crippen LogP contribution in [0.3, 0.4) is 0 Å². The van der Waals surface area contributed by atoms with E-state index >= 15 is 0 Å². The number of ether oxygens (including phenoxy) is 1. The van der Waals surface area contributed by atoms with Gasteiger partial charge in [-0.2, -0.15) is 0 Å². The van der Waals surface area contributed by atoms with Crippen molar-refractivity contribution in [3.05, 3.63) is 23.8 Å². The van der Waals surface area contributed by atoms with Crippen molar-refractivity contribution in [1.82, 2.24) is 0 Å². The summed E-state index contributed by atoms with van der Waals surface area (Å²) in [7, 11) is 8.02. The zero-order valence-electron chi connectivity index (χ0n) is 10.3. The van der Waals surface area contributed by atoms with Crippen LogP contribution in [0.2, 0.25) is 0 Å². The highest BCUT2D eigenvalue weighted by atomic mass is 35.5. The van der Waals surface area contributed by atoms with Gasteiger partial charge in [-0.25, -0.2) is 0 Å². The summed E-state index contributed by atoms with van der Waals surface area (Å²) in [4.78, 5) is 0. The van der Waals surface area contributed by atoms with Crippen molar-refractivity contribution in [2.24, 2.45) is 0 Å². The van der Waals surface area contributed by atoms with E-state index in [1.54, 1.807) is 19.2 Å². The first-order valence-corrected chi connectivity index (χ1v) is 5.09. The molecular formula is C12H20ClNO2. The van der Waals surface area contributed by atoms with Crippen molar-refractivity contribution in [3.63, 3.8) is 0 Å². The number of likely N-dealkylation sites (N-methyl/N-ethyl adjacent to an activating group) is 1. The lowest BCUT2D eigenvalue weighted by molar-refractivity contribution is -0.870. The molecule has 4 heteroatoms. The Morgan fingerprint density at radius 2 is 1.88 bits per heavy atom. The fourth-order valence-electron chi connectivity index (χ4n) is 1.36. The molecule has 92 valence electrons. The van der Waals surface area contributed by atoms with Crippen molar-refractivity contribution >= 4 is 0 Å². The quantitative estimate of drug-likeness (QED) is 0.665. The minimum Gasteiger partial charge on any atom is -1.00 e. The molecule has 0 aliphatic heterocycles. The van der Waals surface area contributed by atoms with Crippen LogP contribution >= 0.6 is 0 Å². The van der Waals surface area contributed by atoms with Gasteiger partial charge in [-0.1, -0.05) is 6.07 Å². The minimum absolute atomic E-state index is 0. The zero-order chi connectivity index (χ0) is 11.5. The number of rotatable bonds is 4. The molecular weight excluding hydrogens is 226 g/mol. The van der Waals surface area contributed by atoms with Gasteiger partial charge < -0.3 is 26.7 Å². The number of aromatic hydroxyl groups is 1. The molecule has 0 amide bonds. The van der Waals surface area contributed by atoms with Crippen LogP contribution in [0, 0.1) is 0 Å². The number of methoxy groups -OCH3 is 1. The highest BCUT2D eigenvalue weighted by Gasteiger charge is 2.08. The van der Waals surface area contributed by atoms with E-state index in [1.165, 1.54) is 0 Å². The molecule has 0 unspecified atom stereocenters. The molecule has 0 saturated heterocycles. The average Bonchev–Trinajstić information content (AvgIpc) is 2.14. The maximum atomic E-state index is 9.59. The summed E-state index contributed by atoms with van der Waals surface area (Å²) in [6.07, 6.45) is 0.959. The van der Waals surface area contributed by atoms with E-state index in [4.69, 9.17) is 4.74 Å². The monoisotopic (exact) mass is 245 g/mol. The highest BCUT2D eigenvalue weighted by Crippen LogP contribution is 2.26. The van der Waals surface area contributed by atoms with Crippen LogP contribution in [0.5, 0.6) is 11.5 Å². The Balaban J connectivity index is 0.00000225. The molecule has 16 heavy (non-hydrogen) atoms. The molecule has 1 aromatic rings. The van der Waals surface area contributed by atoms with E-state index in [2.05, 4.69) is 21.1 Å². The van der Waals surface area contributed by atoms with E-state index in [0.29, 0.717) is 5.75 Å². The van der Waals surface area contributed by atoms with Gasteiger partial charge in [0.1, 0.15) is 0 Å². The molecule has 0 fully saturated rings. The van der Waals surface area contributed by atoms with E-state index in [0.717, 1.165) is 23.0 Å². The summed E-state index contributed by atoms with van der Waals surface area (Å²) < 4.78 is 5.91. The predicted octanol–water partition coefficient (Wildman–Crippen LogP) is -1.35. The topological polar surface area (TPSA) is 29.5 Å². The van der Waals surface area contributed by atoms with Crippen molar-refractivity contribution in [3.8, 4) is 11.5 Å². The number of halogens is 1. The largest absolute Gasteiger partial charge is 1.00 e. The summed E-state index contributed by atoms with van der Waals surface area (Å²) >= 11 is 0. The van der Waals surface area contributed by atoms with E-state index in [9.17, 15) is 5.11 Å². The second-order valence-electron chi connectivity index (χ2n) is 4.77. The fourth-order valence-corrected chi connectivity index (χ4v) is 1.36. The normalized spacial score (nSPS) is 10.8. The lowest BCUT2D eigenvalue weighted by Gasteiger charge is -2.23. The molecule has 0 aliphatic rings. The van der Waals surface area contributed by atoms with Gasteiger partial charge in [0.15, 0.2) is 11.5 Å². The lowest BCUT2D eigenvalue weighted by Crippen LogP contribution is -3.00. The number of quaternary nitrogens is 1. The molecule has 0 saturated carbocycles. The Kier molecular flexibility index (Phi) is 5.62. The summed E-state index contributed by atoms with van der Waals surface area (Å²) in [5, 5.41) is 9.59. The van der Waals surface area contributed by atoms with E-state index < -0.39 is 0 Å². The van der Waals surface area contributed by atoms with Crippen LogP contribution in [0.15, 0.2) is 18.2 Å². The van der Waals surface area contributed by atoms with Crippen molar-refractivity contribution in [2.45, 2.75) is 6.42 Å². The third-order valence-electron chi connectivity index (χ3n) is 2.31. The van der Waals surface area contributed by atoms with Crippen molar-refractivity contribution < 1.29 is 26.7 Å². The van der Waals surface area contributed by atoms with Crippen LogP contribution in [-0.4, -0.2) is 44.4 Å². The molecule has 0 atom stereocenters. The number of phenols is 1. The molecule has 0 heterocycles. The van der Waals surface area contributed by atoms with Crippen molar-refractivity contribution in [2.75, 3.05) is 34.8 Å². The molecule has 3 nitrogen and oxygen atoms in total. The SMILES string of the molecule is COc1ccc(CC[N+](C)(C)C)cc1O.[Cl-]. The Morgan fingerprint density at radius 3 is 2.31 bits per heavy atom. The second-order valence-corrected chi connectivity index (χ2v) is 4.77. The average molecular weight is 246 g/mol. The molecule has 1 N–H and O–H groups in total. The van der Waals surface area contributed by atoms with Gasteiger partial charge in [-0.05, 0) is 17.7 Å². The number of benzene rings is 1. The fraction of sp³-hybridized carbons (Fsp3) is 0.500. The van der Waals surface area contributed by atoms with E-state index in [-0.39, 0.29) is 18.2 Å². The Labute approximate surface area is 104 Å². The molecule has 0 aromatic heterocycles. The number of hydrogen-bond acceptors (Lipinski definition) is 2. The van der Waals surface area contributed by atoms with Gasteiger partial charge in [0, 0.05) is 6.42 Å². The van der Waals surface area contributed by atoms with Crippen LogP contribution in [0.25, 0.3) is 0 Å². The summed E-state index contributed by atoms with van der Waals surface area (Å²) in [6, 6.07) is 5.57. The van der Waals surface area contributed by atoms with Gasteiger partial charge in [0.2, 0.25) is 0 Å². The van der Waals surface area contributed by atoms with Crippen LogP contribution in [-0.2, 0) is 6.42 Å². The number of phenolic OH excluding ortho intramolecular Hbond substituents is 1. The molecule has 1 aromatic carbocycles. The third kappa shape index (κ3) is 4.73. The van der Waals surface area contributed by atoms with Gasteiger partial charge in [-0.3, -0.25) is 0 Å². The smallest absolute Gasteiger partial charge is 0.160 e. The standard InChI is InChI=1S/C12H19NO2.ClH/c1-13(2,3)8-7-10-5-6-12(15-4)11(14)9-10;/h5-6,9H,7-8H2,1-4H3;1H. The Morgan fingerprint density at radius 1 is 1.25 bits per heavy atom. The predicted molar refractivity (Wildman–Crippen MR) is 61.3 cm³/mol. The van der Waals surface area contributed by atoms with Crippen LogP contribution in [0.4, 0.5) is 0 Å².